The molecule has 222 valence electrons. The Bertz CT molecular complexity index is 2030. The van der Waals surface area contributed by atoms with Gasteiger partial charge in [0.05, 0.1) is 23.0 Å². The van der Waals surface area contributed by atoms with Crippen molar-refractivity contribution in [1.29, 1.82) is 0 Å². The van der Waals surface area contributed by atoms with Crippen LogP contribution in [0.5, 0.6) is 0 Å². The van der Waals surface area contributed by atoms with Crippen molar-refractivity contribution in [3.63, 3.8) is 0 Å². The number of carbonyl (C=O) groups is 2. The number of urea groups is 1. The Morgan fingerprint density at radius 3 is 2.66 bits per heavy atom. The molecule has 4 heterocycles. The lowest BCUT2D eigenvalue weighted by molar-refractivity contribution is -0.137. The fourth-order valence-corrected chi connectivity index (χ4v) is 6.07. The molecule has 1 unspecified atom stereocenters. The van der Waals surface area contributed by atoms with E-state index in [0.717, 1.165) is 17.7 Å². The van der Waals surface area contributed by atoms with Crippen molar-refractivity contribution in [2.24, 2.45) is 0 Å². The van der Waals surface area contributed by atoms with Crippen LogP contribution in [0.15, 0.2) is 67.0 Å². The number of alkyl halides is 3. The van der Waals surface area contributed by atoms with Crippen molar-refractivity contribution in [1.82, 2.24) is 19.9 Å². The fraction of sp³-hybridized carbons (Fsp3) is 0.133. The number of hydrogen-bond donors (Lipinski definition) is 2. The second-order valence-corrected chi connectivity index (χ2v) is 10.7. The van der Waals surface area contributed by atoms with Gasteiger partial charge >= 0.3 is 12.2 Å². The standard InChI is InChI=1S/C30H18ClF5N6O2/c31-21-5-4-16(32)11-20(21)26-25-22(38-28(43)14-8-15(30(34,35)36)10-17(33)9-14)12-19(18-6-7-41(27(18)25)29(44)39-26)23-2-1-3-24-40-37-13-42(23)24/h1-5,8-13,26H,6-7H2,(H,38,43)(H,39,44). The number of amides is 3. The Morgan fingerprint density at radius 2 is 1.86 bits per heavy atom. The third-order valence-corrected chi connectivity index (χ3v) is 8.06. The maximum atomic E-state index is 14.5. The summed E-state index contributed by atoms with van der Waals surface area (Å²) >= 11 is 6.46. The first-order valence-electron chi connectivity index (χ1n) is 13.2. The number of anilines is 2. The maximum Gasteiger partial charge on any atom is 0.416 e. The second-order valence-electron chi connectivity index (χ2n) is 10.3. The number of aromatic nitrogens is 3. The summed E-state index contributed by atoms with van der Waals surface area (Å²) in [6.45, 7) is 0.277. The Labute approximate surface area is 250 Å². The minimum atomic E-state index is -4.90. The van der Waals surface area contributed by atoms with Crippen LogP contribution in [0, 0.1) is 11.6 Å². The molecule has 0 bridgehead atoms. The molecular weight excluding hydrogens is 607 g/mol. The molecule has 0 spiro atoms. The lowest BCUT2D eigenvalue weighted by Crippen LogP contribution is -2.46. The predicted molar refractivity (Wildman–Crippen MR) is 151 cm³/mol. The van der Waals surface area contributed by atoms with Crippen molar-refractivity contribution >= 4 is 40.6 Å². The van der Waals surface area contributed by atoms with Crippen molar-refractivity contribution in [2.75, 3.05) is 16.8 Å². The SMILES string of the molecule is O=C(Nc1cc(-c2cccc3nncn23)c2c3c1C(c1cc(F)ccc1Cl)NC(=O)N3CC2)c1cc(F)cc(C(F)(F)F)c1. The first-order valence-corrected chi connectivity index (χ1v) is 13.6. The third-order valence-electron chi connectivity index (χ3n) is 7.72. The van der Waals surface area contributed by atoms with Gasteiger partial charge in [0.2, 0.25) is 0 Å². The topological polar surface area (TPSA) is 91.6 Å². The lowest BCUT2D eigenvalue weighted by atomic mass is 9.88. The minimum absolute atomic E-state index is 0.0869. The number of halogens is 6. The van der Waals surface area contributed by atoms with Gasteiger partial charge in [-0.2, -0.15) is 13.2 Å². The molecule has 2 N–H and O–H groups in total. The summed E-state index contributed by atoms with van der Waals surface area (Å²) in [5, 5.41) is 13.6. The summed E-state index contributed by atoms with van der Waals surface area (Å²) in [5.74, 6) is -2.91. The molecule has 7 rings (SSSR count). The molecule has 0 saturated heterocycles. The minimum Gasteiger partial charge on any atom is -0.327 e. The number of pyridine rings is 1. The molecule has 14 heteroatoms. The Balaban J connectivity index is 1.47. The molecule has 3 aromatic carbocycles. The van der Waals surface area contributed by atoms with E-state index in [0.29, 0.717) is 52.8 Å². The zero-order valence-corrected chi connectivity index (χ0v) is 23.0. The van der Waals surface area contributed by atoms with Crippen LogP contribution in [0.1, 0.15) is 38.7 Å². The summed E-state index contributed by atoms with van der Waals surface area (Å²) < 4.78 is 70.8. The molecule has 44 heavy (non-hydrogen) atoms. The first kappa shape index (κ1) is 27.8. The van der Waals surface area contributed by atoms with E-state index in [9.17, 15) is 31.5 Å². The van der Waals surface area contributed by atoms with Gasteiger partial charge in [-0.1, -0.05) is 17.7 Å². The number of nitrogens with zero attached hydrogens (tertiary/aromatic N) is 4. The number of rotatable bonds is 4. The number of carbonyl (C=O) groups excluding carboxylic acids is 2. The van der Waals surface area contributed by atoms with E-state index >= 15 is 0 Å². The van der Waals surface area contributed by atoms with Crippen molar-refractivity contribution in [3.05, 3.63) is 111 Å². The van der Waals surface area contributed by atoms with Crippen molar-refractivity contribution in [3.8, 4) is 11.3 Å². The summed E-state index contributed by atoms with van der Waals surface area (Å²) in [5.41, 5.74) is 1.60. The molecule has 8 nitrogen and oxygen atoms in total. The Morgan fingerprint density at radius 1 is 1.05 bits per heavy atom. The molecule has 3 amide bonds. The monoisotopic (exact) mass is 624 g/mol. The van der Waals surface area contributed by atoms with Crippen LogP contribution in [-0.4, -0.2) is 33.1 Å². The molecule has 0 saturated carbocycles. The lowest BCUT2D eigenvalue weighted by Gasteiger charge is -2.35. The molecule has 0 fully saturated rings. The van der Waals surface area contributed by atoms with Crippen molar-refractivity contribution < 1.29 is 31.5 Å². The van der Waals surface area contributed by atoms with Gasteiger partial charge in [-0.15, -0.1) is 10.2 Å². The van der Waals surface area contributed by atoms with Crippen LogP contribution in [0.2, 0.25) is 5.02 Å². The van der Waals surface area contributed by atoms with Gasteiger partial charge in [0.15, 0.2) is 5.65 Å². The highest BCUT2D eigenvalue weighted by molar-refractivity contribution is 6.31. The second kappa shape index (κ2) is 10.0. The summed E-state index contributed by atoms with van der Waals surface area (Å²) in [6, 6.07) is 10.5. The van der Waals surface area contributed by atoms with Crippen molar-refractivity contribution in [2.45, 2.75) is 18.6 Å². The number of benzene rings is 3. The van der Waals surface area contributed by atoms with E-state index in [4.69, 9.17) is 11.6 Å². The van der Waals surface area contributed by atoms with E-state index < -0.39 is 46.9 Å². The summed E-state index contributed by atoms with van der Waals surface area (Å²) in [7, 11) is 0. The maximum absolute atomic E-state index is 14.5. The number of nitrogens with one attached hydrogen (secondary N) is 2. The van der Waals surface area contributed by atoms with Crippen LogP contribution < -0.4 is 15.5 Å². The van der Waals surface area contributed by atoms with E-state index in [1.807, 2.05) is 0 Å². The van der Waals surface area contributed by atoms with Crippen LogP contribution >= 0.6 is 11.6 Å². The van der Waals surface area contributed by atoms with Gasteiger partial charge in [0.1, 0.15) is 18.0 Å². The molecular formula is C30H18ClF5N6O2. The van der Waals surface area contributed by atoms with Crippen LogP contribution in [0.25, 0.3) is 16.9 Å². The van der Waals surface area contributed by atoms with Crippen LogP contribution in [-0.2, 0) is 12.6 Å². The van der Waals surface area contributed by atoms with Gasteiger partial charge in [-0.25, -0.2) is 13.6 Å². The molecule has 0 radical (unpaired) electrons. The molecule has 2 aromatic heterocycles. The molecule has 1 atom stereocenters. The molecule has 5 aromatic rings. The smallest absolute Gasteiger partial charge is 0.327 e. The summed E-state index contributed by atoms with van der Waals surface area (Å²) in [6.07, 6.45) is -2.99. The average molecular weight is 625 g/mol. The van der Waals surface area contributed by atoms with E-state index in [1.54, 1.807) is 28.7 Å². The highest BCUT2D eigenvalue weighted by Gasteiger charge is 2.41. The Kier molecular flexibility index (Phi) is 6.32. The largest absolute Gasteiger partial charge is 0.416 e. The predicted octanol–water partition coefficient (Wildman–Crippen LogP) is 6.77. The van der Waals surface area contributed by atoms with Crippen LogP contribution in [0.3, 0.4) is 0 Å². The highest BCUT2D eigenvalue weighted by atomic mass is 35.5. The molecule has 2 aliphatic rings. The quantitative estimate of drug-likeness (QED) is 0.216. The first-order chi connectivity index (χ1) is 21.0. The van der Waals surface area contributed by atoms with Gasteiger partial charge in [0.25, 0.3) is 5.91 Å². The van der Waals surface area contributed by atoms with E-state index in [1.165, 1.54) is 17.3 Å². The van der Waals surface area contributed by atoms with Gasteiger partial charge in [0, 0.05) is 39.5 Å². The van der Waals surface area contributed by atoms with Gasteiger partial charge < -0.3 is 10.6 Å². The normalized spacial score (nSPS) is 15.8. The van der Waals surface area contributed by atoms with Gasteiger partial charge in [-0.3, -0.25) is 14.1 Å². The number of hydrogen-bond acceptors (Lipinski definition) is 4. The van der Waals surface area contributed by atoms with E-state index in [-0.39, 0.29) is 22.8 Å². The third kappa shape index (κ3) is 4.51. The fourth-order valence-electron chi connectivity index (χ4n) is 5.84. The van der Waals surface area contributed by atoms with Gasteiger partial charge in [-0.05, 0) is 66.6 Å². The average Bonchev–Trinajstić information content (AvgIpc) is 3.64. The summed E-state index contributed by atoms with van der Waals surface area (Å²) in [4.78, 5) is 28.3. The van der Waals surface area contributed by atoms with Crippen LogP contribution in [0.4, 0.5) is 38.1 Å². The zero-order chi connectivity index (χ0) is 30.9. The number of fused-ring (bicyclic) bond motifs is 1. The highest BCUT2D eigenvalue weighted by Crippen LogP contribution is 2.50. The molecule has 0 aliphatic carbocycles. The van der Waals surface area contributed by atoms with E-state index in [2.05, 4.69) is 20.8 Å². The zero-order valence-electron chi connectivity index (χ0n) is 22.2. The molecule has 2 aliphatic heterocycles. The Hall–Kier alpha value is -5.04.